The van der Waals surface area contributed by atoms with Crippen LogP contribution in [0.1, 0.15) is 37.3 Å². The number of rotatable bonds is 6. The van der Waals surface area contributed by atoms with Gasteiger partial charge in [0.25, 0.3) is 0 Å². The van der Waals surface area contributed by atoms with Gasteiger partial charge in [-0.05, 0) is 55.8 Å². The van der Waals surface area contributed by atoms with E-state index in [2.05, 4.69) is 22.8 Å². The van der Waals surface area contributed by atoms with Gasteiger partial charge >= 0.3 is 0 Å². The number of ether oxygens (including phenoxy) is 1. The maximum atomic E-state index is 12.4. The number of hydrogen-bond donors (Lipinski definition) is 2. The molecule has 2 aliphatic rings. The third kappa shape index (κ3) is 4.25. The van der Waals surface area contributed by atoms with E-state index in [1.807, 2.05) is 19.1 Å². The quantitative estimate of drug-likeness (QED) is 0.838. The molecule has 1 spiro atoms. The zero-order valence-corrected chi connectivity index (χ0v) is 14.6. The van der Waals surface area contributed by atoms with Crippen LogP contribution in [0.15, 0.2) is 24.3 Å². The Morgan fingerprint density at radius 1 is 1.30 bits per heavy atom. The fourth-order valence-electron chi connectivity index (χ4n) is 3.58. The number of hydrogen-bond acceptors (Lipinski definition) is 3. The summed E-state index contributed by atoms with van der Waals surface area (Å²) in [6.07, 6.45) is 3.36. The highest BCUT2D eigenvalue weighted by Gasteiger charge is 2.57. The van der Waals surface area contributed by atoms with Crippen molar-refractivity contribution in [3.05, 3.63) is 35.4 Å². The smallest absolute Gasteiger partial charge is 0.223 e. The van der Waals surface area contributed by atoms with E-state index < -0.39 is 0 Å². The van der Waals surface area contributed by atoms with Crippen LogP contribution in [-0.2, 0) is 22.7 Å². The molecule has 1 saturated carbocycles. The van der Waals surface area contributed by atoms with Gasteiger partial charge in [-0.1, -0.05) is 24.3 Å². The van der Waals surface area contributed by atoms with Crippen LogP contribution in [0, 0.1) is 11.3 Å². The van der Waals surface area contributed by atoms with Gasteiger partial charge in [0.05, 0.1) is 6.61 Å². The summed E-state index contributed by atoms with van der Waals surface area (Å²) in [6.45, 7) is 6.03. The Morgan fingerprint density at radius 3 is 2.70 bits per heavy atom. The Bertz CT molecular complexity index is 530. The van der Waals surface area contributed by atoms with E-state index in [9.17, 15) is 4.79 Å². The highest BCUT2D eigenvalue weighted by molar-refractivity contribution is 5.85. The molecular formula is C18H27ClN2O2. The molecular weight excluding hydrogens is 312 g/mol. The third-order valence-corrected chi connectivity index (χ3v) is 5.14. The fraction of sp³-hybridized carbons (Fsp3) is 0.611. The lowest BCUT2D eigenvalue weighted by atomic mass is 9.92. The molecule has 3 rings (SSSR count). The van der Waals surface area contributed by atoms with Crippen molar-refractivity contribution in [1.82, 2.24) is 10.6 Å². The van der Waals surface area contributed by atoms with Crippen LogP contribution in [0.3, 0.4) is 0 Å². The standard InChI is InChI=1S/C18H26N2O2.ClH/c1-2-22-13-15-6-4-3-5-14(15)12-20-17(21)16-11-18(16)7-9-19-10-8-18;/h3-6,16,19H,2,7-13H2,1H3,(H,20,21);1H. The summed E-state index contributed by atoms with van der Waals surface area (Å²) >= 11 is 0. The molecule has 5 heteroatoms. The maximum Gasteiger partial charge on any atom is 0.223 e. The fourth-order valence-corrected chi connectivity index (χ4v) is 3.58. The third-order valence-electron chi connectivity index (χ3n) is 5.14. The van der Waals surface area contributed by atoms with Crippen molar-refractivity contribution in [2.45, 2.75) is 39.3 Å². The Morgan fingerprint density at radius 2 is 2.00 bits per heavy atom. The van der Waals surface area contributed by atoms with Crippen molar-refractivity contribution in [1.29, 1.82) is 0 Å². The summed E-state index contributed by atoms with van der Waals surface area (Å²) in [7, 11) is 0. The van der Waals surface area contributed by atoms with Crippen LogP contribution in [-0.4, -0.2) is 25.6 Å². The van der Waals surface area contributed by atoms with Crippen molar-refractivity contribution in [3.63, 3.8) is 0 Å². The normalized spacial score (nSPS) is 21.5. The summed E-state index contributed by atoms with van der Waals surface area (Å²) in [4.78, 5) is 12.4. The molecule has 2 fully saturated rings. The SMILES string of the molecule is CCOCc1ccccc1CNC(=O)C1CC12CCNCC2.Cl. The molecule has 1 unspecified atom stereocenters. The first-order valence-electron chi connectivity index (χ1n) is 8.38. The molecule has 1 aromatic rings. The van der Waals surface area contributed by atoms with Crippen LogP contribution in [0.2, 0.25) is 0 Å². The minimum atomic E-state index is 0. The van der Waals surface area contributed by atoms with E-state index in [-0.39, 0.29) is 24.2 Å². The average molecular weight is 339 g/mol. The number of carbonyl (C=O) groups is 1. The van der Waals surface area contributed by atoms with Gasteiger partial charge in [0.2, 0.25) is 5.91 Å². The number of piperidine rings is 1. The molecule has 0 bridgehead atoms. The highest BCUT2D eigenvalue weighted by atomic mass is 35.5. The monoisotopic (exact) mass is 338 g/mol. The summed E-state index contributed by atoms with van der Waals surface area (Å²) in [5.74, 6) is 0.460. The number of amides is 1. The second-order valence-electron chi connectivity index (χ2n) is 6.49. The first-order chi connectivity index (χ1) is 10.7. The van der Waals surface area contributed by atoms with Gasteiger partial charge in [0, 0.05) is 19.1 Å². The predicted molar refractivity (Wildman–Crippen MR) is 93.5 cm³/mol. The molecule has 1 aromatic carbocycles. The minimum Gasteiger partial charge on any atom is -0.377 e. The number of benzene rings is 1. The van der Waals surface area contributed by atoms with Crippen LogP contribution >= 0.6 is 12.4 Å². The predicted octanol–water partition coefficient (Wildman–Crippen LogP) is 2.65. The molecule has 2 N–H and O–H groups in total. The molecule has 0 aromatic heterocycles. The van der Waals surface area contributed by atoms with E-state index in [1.165, 1.54) is 0 Å². The first-order valence-corrected chi connectivity index (χ1v) is 8.38. The Balaban J connectivity index is 0.00000192. The van der Waals surface area contributed by atoms with Crippen LogP contribution in [0.4, 0.5) is 0 Å². The zero-order chi connectivity index (χ0) is 15.4. The zero-order valence-electron chi connectivity index (χ0n) is 13.8. The van der Waals surface area contributed by atoms with E-state index in [4.69, 9.17) is 4.74 Å². The lowest BCUT2D eigenvalue weighted by Crippen LogP contribution is -2.33. The van der Waals surface area contributed by atoms with Gasteiger partial charge in [-0.3, -0.25) is 4.79 Å². The van der Waals surface area contributed by atoms with Crippen LogP contribution in [0.25, 0.3) is 0 Å². The van der Waals surface area contributed by atoms with Crippen LogP contribution in [0.5, 0.6) is 0 Å². The van der Waals surface area contributed by atoms with Gasteiger partial charge in [0.1, 0.15) is 0 Å². The van der Waals surface area contributed by atoms with E-state index in [1.54, 1.807) is 0 Å². The largest absolute Gasteiger partial charge is 0.377 e. The van der Waals surface area contributed by atoms with Crippen molar-refractivity contribution >= 4 is 18.3 Å². The van der Waals surface area contributed by atoms with Crippen molar-refractivity contribution in [2.75, 3.05) is 19.7 Å². The Hall–Kier alpha value is -1.10. The first kappa shape index (κ1) is 18.2. The van der Waals surface area contributed by atoms with Gasteiger partial charge in [-0.15, -0.1) is 12.4 Å². The number of halogens is 1. The van der Waals surface area contributed by atoms with E-state index in [0.717, 1.165) is 43.5 Å². The molecule has 128 valence electrons. The van der Waals surface area contributed by atoms with Crippen molar-refractivity contribution < 1.29 is 9.53 Å². The van der Waals surface area contributed by atoms with Crippen LogP contribution < -0.4 is 10.6 Å². The molecule has 1 aliphatic carbocycles. The number of nitrogens with one attached hydrogen (secondary N) is 2. The second-order valence-corrected chi connectivity index (χ2v) is 6.49. The maximum absolute atomic E-state index is 12.4. The van der Waals surface area contributed by atoms with Gasteiger partial charge in [0.15, 0.2) is 0 Å². The summed E-state index contributed by atoms with van der Waals surface area (Å²) in [5.41, 5.74) is 2.63. The average Bonchev–Trinajstić information content (AvgIpc) is 3.25. The lowest BCUT2D eigenvalue weighted by Gasteiger charge is -2.23. The molecule has 1 aliphatic heterocycles. The van der Waals surface area contributed by atoms with Gasteiger partial charge in [-0.25, -0.2) is 0 Å². The Kier molecular flexibility index (Phi) is 6.45. The lowest BCUT2D eigenvalue weighted by molar-refractivity contribution is -0.123. The molecule has 0 radical (unpaired) electrons. The van der Waals surface area contributed by atoms with Crippen molar-refractivity contribution in [3.8, 4) is 0 Å². The van der Waals surface area contributed by atoms with E-state index >= 15 is 0 Å². The topological polar surface area (TPSA) is 50.4 Å². The Labute approximate surface area is 144 Å². The molecule has 23 heavy (non-hydrogen) atoms. The van der Waals surface area contributed by atoms with Crippen molar-refractivity contribution in [2.24, 2.45) is 11.3 Å². The molecule has 1 saturated heterocycles. The molecule has 1 atom stereocenters. The summed E-state index contributed by atoms with van der Waals surface area (Å²) < 4.78 is 5.50. The number of carbonyl (C=O) groups excluding carboxylic acids is 1. The highest BCUT2D eigenvalue weighted by Crippen LogP contribution is 2.58. The van der Waals surface area contributed by atoms with Gasteiger partial charge < -0.3 is 15.4 Å². The minimum absolute atomic E-state index is 0. The molecule has 4 nitrogen and oxygen atoms in total. The molecule has 1 heterocycles. The van der Waals surface area contributed by atoms with E-state index in [0.29, 0.717) is 25.2 Å². The summed E-state index contributed by atoms with van der Waals surface area (Å²) in [6, 6.07) is 8.18. The van der Waals surface area contributed by atoms with Gasteiger partial charge in [-0.2, -0.15) is 0 Å². The summed E-state index contributed by atoms with van der Waals surface area (Å²) in [5, 5.41) is 6.51. The molecule has 1 amide bonds. The second kappa shape index (κ2) is 8.13.